The molecule has 0 saturated heterocycles. The van der Waals surface area contributed by atoms with Gasteiger partial charge in [0, 0.05) is 22.2 Å². The van der Waals surface area contributed by atoms with Crippen molar-refractivity contribution in [2.45, 2.75) is 4.90 Å². The van der Waals surface area contributed by atoms with Crippen molar-refractivity contribution in [3.8, 4) is 0 Å². The molecule has 0 heterocycles. The van der Waals surface area contributed by atoms with Crippen LogP contribution in [0.4, 0.5) is 0 Å². The van der Waals surface area contributed by atoms with Crippen molar-refractivity contribution in [3.63, 3.8) is 0 Å². The van der Waals surface area contributed by atoms with Crippen LogP contribution < -0.4 is 5.32 Å². The smallest absolute Gasteiger partial charge is 0.252 e. The Labute approximate surface area is 132 Å². The van der Waals surface area contributed by atoms with Crippen molar-refractivity contribution in [1.82, 2.24) is 5.32 Å². The van der Waals surface area contributed by atoms with E-state index in [4.69, 9.17) is 23.2 Å². The zero-order chi connectivity index (χ0) is 14.4. The maximum atomic E-state index is 11.9. The third-order valence-electron chi connectivity index (χ3n) is 2.58. The third kappa shape index (κ3) is 4.44. The van der Waals surface area contributed by atoms with Crippen LogP contribution in [-0.4, -0.2) is 18.2 Å². The first-order valence-electron chi connectivity index (χ1n) is 6.08. The van der Waals surface area contributed by atoms with Gasteiger partial charge >= 0.3 is 0 Å². The molecule has 1 N–H and O–H groups in total. The molecule has 1 amide bonds. The molecule has 0 aliphatic rings. The van der Waals surface area contributed by atoms with E-state index in [-0.39, 0.29) is 5.91 Å². The molecule has 0 aromatic heterocycles. The monoisotopic (exact) mass is 325 g/mol. The molecule has 0 bridgehead atoms. The van der Waals surface area contributed by atoms with Crippen molar-refractivity contribution in [1.29, 1.82) is 0 Å². The number of benzene rings is 2. The number of hydrogen-bond donors (Lipinski definition) is 1. The van der Waals surface area contributed by atoms with Crippen LogP contribution in [0.3, 0.4) is 0 Å². The van der Waals surface area contributed by atoms with Gasteiger partial charge in [-0.2, -0.15) is 0 Å². The van der Waals surface area contributed by atoms with Crippen molar-refractivity contribution < 1.29 is 4.79 Å². The Bertz CT molecular complexity index is 590. The quantitative estimate of drug-likeness (QED) is 0.647. The molecule has 0 atom stereocenters. The van der Waals surface area contributed by atoms with Gasteiger partial charge in [-0.1, -0.05) is 41.4 Å². The summed E-state index contributed by atoms with van der Waals surface area (Å²) in [5.41, 5.74) is 0.445. The highest BCUT2D eigenvalue weighted by molar-refractivity contribution is 7.99. The molecule has 2 aromatic carbocycles. The van der Waals surface area contributed by atoms with Crippen LogP contribution in [0.25, 0.3) is 0 Å². The van der Waals surface area contributed by atoms with E-state index >= 15 is 0 Å². The first kappa shape index (κ1) is 15.2. The molecule has 104 valence electrons. The third-order valence-corrected chi connectivity index (χ3v) is 4.14. The second kappa shape index (κ2) is 7.58. The van der Waals surface area contributed by atoms with Gasteiger partial charge in [-0.25, -0.2) is 0 Å². The molecule has 0 unspecified atom stereocenters. The summed E-state index contributed by atoms with van der Waals surface area (Å²) in [5, 5.41) is 3.73. The van der Waals surface area contributed by atoms with E-state index in [0.717, 1.165) is 5.75 Å². The first-order chi connectivity index (χ1) is 9.66. The normalized spacial score (nSPS) is 10.3. The van der Waals surface area contributed by atoms with Gasteiger partial charge in [0.25, 0.3) is 5.91 Å². The lowest BCUT2D eigenvalue weighted by Gasteiger charge is -2.07. The highest BCUT2D eigenvalue weighted by Gasteiger charge is 2.09. The van der Waals surface area contributed by atoms with E-state index in [0.29, 0.717) is 22.2 Å². The van der Waals surface area contributed by atoms with E-state index in [1.165, 1.54) is 4.90 Å². The number of amides is 1. The van der Waals surface area contributed by atoms with Crippen LogP contribution in [0.15, 0.2) is 53.4 Å². The van der Waals surface area contributed by atoms with Gasteiger partial charge in [0.05, 0.1) is 10.6 Å². The molecule has 2 rings (SSSR count). The van der Waals surface area contributed by atoms with E-state index in [1.54, 1.807) is 30.0 Å². The zero-order valence-electron chi connectivity index (χ0n) is 10.6. The molecule has 0 aliphatic heterocycles. The minimum absolute atomic E-state index is 0.180. The van der Waals surface area contributed by atoms with Crippen molar-refractivity contribution in [3.05, 3.63) is 64.1 Å². The minimum atomic E-state index is -0.180. The molecular weight excluding hydrogens is 313 g/mol. The maximum absolute atomic E-state index is 11.9. The minimum Gasteiger partial charge on any atom is -0.351 e. The summed E-state index contributed by atoms with van der Waals surface area (Å²) >= 11 is 13.5. The Morgan fingerprint density at radius 2 is 1.85 bits per heavy atom. The molecule has 0 fully saturated rings. The molecule has 5 heteroatoms. The highest BCUT2D eigenvalue weighted by atomic mass is 35.5. The van der Waals surface area contributed by atoms with Gasteiger partial charge in [-0.05, 0) is 30.3 Å². The number of thioether (sulfide) groups is 1. The van der Waals surface area contributed by atoms with Gasteiger partial charge in [-0.15, -0.1) is 11.8 Å². The second-order valence-corrected chi connectivity index (χ2v) is 6.05. The molecule has 2 nitrogen and oxygen atoms in total. The Morgan fingerprint density at radius 1 is 1.10 bits per heavy atom. The lowest BCUT2D eigenvalue weighted by atomic mass is 10.2. The molecular formula is C15H13Cl2NOS. The maximum Gasteiger partial charge on any atom is 0.252 e. The lowest BCUT2D eigenvalue weighted by molar-refractivity contribution is 0.0956. The Morgan fingerprint density at radius 3 is 2.55 bits per heavy atom. The topological polar surface area (TPSA) is 29.1 Å². The Kier molecular flexibility index (Phi) is 5.77. The predicted molar refractivity (Wildman–Crippen MR) is 86.0 cm³/mol. The SMILES string of the molecule is O=C(NCCSc1ccccc1)c1ccc(Cl)cc1Cl. The number of rotatable bonds is 5. The predicted octanol–water partition coefficient (Wildman–Crippen LogP) is 4.52. The fraction of sp³-hybridized carbons (Fsp3) is 0.133. The van der Waals surface area contributed by atoms with E-state index in [9.17, 15) is 4.79 Å². The average Bonchev–Trinajstić information content (AvgIpc) is 2.44. The highest BCUT2D eigenvalue weighted by Crippen LogP contribution is 2.21. The van der Waals surface area contributed by atoms with Crippen LogP contribution in [0.5, 0.6) is 0 Å². The summed E-state index contributed by atoms with van der Waals surface area (Å²) < 4.78 is 0. The van der Waals surface area contributed by atoms with Crippen LogP contribution in [0.1, 0.15) is 10.4 Å². The molecule has 0 saturated carbocycles. The summed E-state index contributed by atoms with van der Waals surface area (Å²) in [6.07, 6.45) is 0. The van der Waals surface area contributed by atoms with Crippen molar-refractivity contribution in [2.24, 2.45) is 0 Å². The van der Waals surface area contributed by atoms with Crippen LogP contribution in [-0.2, 0) is 0 Å². The summed E-state index contributed by atoms with van der Waals surface area (Å²) in [4.78, 5) is 13.1. The van der Waals surface area contributed by atoms with E-state index in [1.807, 2.05) is 30.3 Å². The summed E-state index contributed by atoms with van der Waals surface area (Å²) in [6.45, 7) is 0.581. The van der Waals surface area contributed by atoms with E-state index < -0.39 is 0 Å². The molecule has 0 radical (unpaired) electrons. The van der Waals surface area contributed by atoms with Gasteiger partial charge in [0.15, 0.2) is 0 Å². The second-order valence-electron chi connectivity index (χ2n) is 4.04. The number of halogens is 2. The van der Waals surface area contributed by atoms with Gasteiger partial charge < -0.3 is 5.32 Å². The van der Waals surface area contributed by atoms with Crippen molar-refractivity contribution >= 4 is 40.9 Å². The molecule has 20 heavy (non-hydrogen) atoms. The number of carbonyl (C=O) groups is 1. The molecule has 0 aliphatic carbocycles. The van der Waals surface area contributed by atoms with Crippen LogP contribution in [0.2, 0.25) is 10.0 Å². The number of nitrogens with one attached hydrogen (secondary N) is 1. The summed E-state index contributed by atoms with van der Waals surface area (Å²) in [5.74, 6) is 0.626. The Hall–Kier alpha value is -1.16. The zero-order valence-corrected chi connectivity index (χ0v) is 12.9. The molecule has 2 aromatic rings. The summed E-state index contributed by atoms with van der Waals surface area (Å²) in [6, 6.07) is 14.9. The lowest BCUT2D eigenvalue weighted by Crippen LogP contribution is -2.25. The van der Waals surface area contributed by atoms with Crippen molar-refractivity contribution in [2.75, 3.05) is 12.3 Å². The van der Waals surface area contributed by atoms with Gasteiger partial charge in [-0.3, -0.25) is 4.79 Å². The fourth-order valence-electron chi connectivity index (χ4n) is 1.62. The standard InChI is InChI=1S/C15H13Cl2NOS/c16-11-6-7-13(14(17)10-11)15(19)18-8-9-20-12-4-2-1-3-5-12/h1-7,10H,8-9H2,(H,18,19). The fourth-order valence-corrected chi connectivity index (χ4v) is 2.90. The molecule has 0 spiro atoms. The Balaban J connectivity index is 1.80. The van der Waals surface area contributed by atoms with Crippen LogP contribution >= 0.6 is 35.0 Å². The van der Waals surface area contributed by atoms with Gasteiger partial charge in [0.1, 0.15) is 0 Å². The number of carbonyl (C=O) groups excluding carboxylic acids is 1. The summed E-state index contributed by atoms with van der Waals surface area (Å²) in [7, 11) is 0. The number of hydrogen-bond acceptors (Lipinski definition) is 2. The van der Waals surface area contributed by atoms with Gasteiger partial charge in [0.2, 0.25) is 0 Å². The average molecular weight is 326 g/mol. The largest absolute Gasteiger partial charge is 0.351 e. The first-order valence-corrected chi connectivity index (χ1v) is 7.82. The van der Waals surface area contributed by atoms with Crippen LogP contribution in [0, 0.1) is 0 Å². The van der Waals surface area contributed by atoms with E-state index in [2.05, 4.69) is 5.32 Å².